The van der Waals surface area contributed by atoms with Gasteiger partial charge >= 0.3 is 5.97 Å². The number of carbonyl (C=O) groups excluding carboxylic acids is 3. The molecule has 4 saturated carbocycles. The van der Waals surface area contributed by atoms with Crippen molar-refractivity contribution in [1.82, 2.24) is 10.6 Å². The lowest BCUT2D eigenvalue weighted by molar-refractivity contribution is -0.261. The molecule has 4 aliphatic rings. The summed E-state index contributed by atoms with van der Waals surface area (Å²) in [7, 11) is 0. The van der Waals surface area contributed by atoms with E-state index in [0.29, 0.717) is 51.2 Å². The van der Waals surface area contributed by atoms with Crippen LogP contribution in [-0.4, -0.2) is 73.5 Å². The van der Waals surface area contributed by atoms with Crippen molar-refractivity contribution >= 4 is 29.4 Å². The van der Waals surface area contributed by atoms with E-state index in [4.69, 9.17) is 16.2 Å². The van der Waals surface area contributed by atoms with Crippen molar-refractivity contribution in [3.8, 4) is 0 Å². The molecule has 1 unspecified atom stereocenters. The van der Waals surface area contributed by atoms with Gasteiger partial charge in [0.2, 0.25) is 5.91 Å². The summed E-state index contributed by atoms with van der Waals surface area (Å²) in [6.07, 6.45) is 4.49. The van der Waals surface area contributed by atoms with Crippen LogP contribution in [0.4, 0.5) is 0 Å². The molecule has 4 aliphatic carbocycles. The lowest BCUT2D eigenvalue weighted by Gasteiger charge is -2.72. The SMILES string of the molecule is C[C@@H]1CC23C[C@@]4(CCC2=O)[C@@H]3[C@]1(C)[C@H](OC(=O)CSc1ccc(CC(=O)NCCCN)cc1)C[C@](C)(CNCCCN)[C@@H](O)[C@@H]4C. The molecule has 4 fully saturated rings. The Hall–Kier alpha value is -1.98. The Labute approximate surface area is 279 Å². The van der Waals surface area contributed by atoms with Crippen molar-refractivity contribution in [3.63, 3.8) is 0 Å². The van der Waals surface area contributed by atoms with Gasteiger partial charge in [0, 0.05) is 40.7 Å². The molecule has 0 saturated heterocycles. The van der Waals surface area contributed by atoms with Crippen molar-refractivity contribution in [2.24, 2.45) is 50.9 Å². The van der Waals surface area contributed by atoms with Gasteiger partial charge in [-0.25, -0.2) is 0 Å². The third-order valence-corrected chi connectivity index (χ3v) is 13.6. The Morgan fingerprint density at radius 1 is 1.07 bits per heavy atom. The average Bonchev–Trinajstić information content (AvgIpc) is 3.21. The molecule has 46 heavy (non-hydrogen) atoms. The highest BCUT2D eigenvalue weighted by Gasteiger charge is 2.81. The monoisotopic (exact) mass is 656 g/mol. The number of carbonyl (C=O) groups is 3. The van der Waals surface area contributed by atoms with E-state index in [1.165, 1.54) is 11.8 Å². The van der Waals surface area contributed by atoms with Crippen LogP contribution in [0.15, 0.2) is 29.2 Å². The molecule has 0 heterocycles. The molecular formula is C36H56N4O5S. The van der Waals surface area contributed by atoms with Crippen LogP contribution < -0.4 is 22.1 Å². The fourth-order valence-electron chi connectivity index (χ4n) is 10.3. The second-order valence-electron chi connectivity index (χ2n) is 15.4. The van der Waals surface area contributed by atoms with E-state index in [9.17, 15) is 19.5 Å². The molecule has 9 nitrogen and oxygen atoms in total. The van der Waals surface area contributed by atoms with Gasteiger partial charge in [-0.2, -0.15) is 0 Å². The molecule has 0 aliphatic heterocycles. The molecule has 9 atom stereocenters. The number of nitrogens with one attached hydrogen (secondary N) is 2. The lowest BCUT2D eigenvalue weighted by atomic mass is 9.32. The summed E-state index contributed by atoms with van der Waals surface area (Å²) < 4.78 is 6.54. The van der Waals surface area contributed by atoms with Gasteiger partial charge in [0.1, 0.15) is 11.9 Å². The first-order valence-corrected chi connectivity index (χ1v) is 18.3. The highest BCUT2D eigenvalue weighted by Crippen LogP contribution is 2.82. The number of hydrogen-bond donors (Lipinski definition) is 5. The Morgan fingerprint density at radius 2 is 1.76 bits per heavy atom. The molecule has 5 rings (SSSR count). The number of thioether (sulfide) groups is 1. The fourth-order valence-corrected chi connectivity index (χ4v) is 10.9. The van der Waals surface area contributed by atoms with Gasteiger partial charge in [-0.1, -0.05) is 39.8 Å². The van der Waals surface area contributed by atoms with Crippen LogP contribution in [0, 0.1) is 39.4 Å². The quantitative estimate of drug-likeness (QED) is 0.115. The second-order valence-corrected chi connectivity index (χ2v) is 16.4. The van der Waals surface area contributed by atoms with Crippen LogP contribution in [0.5, 0.6) is 0 Å². The van der Waals surface area contributed by atoms with Gasteiger partial charge < -0.3 is 31.9 Å². The fraction of sp³-hybridized carbons (Fsp3) is 0.750. The van der Waals surface area contributed by atoms with Gasteiger partial charge in [0.15, 0.2) is 0 Å². The van der Waals surface area contributed by atoms with E-state index in [-0.39, 0.29) is 51.6 Å². The van der Waals surface area contributed by atoms with Gasteiger partial charge in [0.25, 0.3) is 0 Å². The van der Waals surface area contributed by atoms with E-state index < -0.39 is 17.6 Å². The summed E-state index contributed by atoms with van der Waals surface area (Å²) in [6.45, 7) is 12.0. The van der Waals surface area contributed by atoms with E-state index in [2.05, 4.69) is 38.3 Å². The Balaban J connectivity index is 1.33. The summed E-state index contributed by atoms with van der Waals surface area (Å²) in [5.74, 6) is 0.576. The first kappa shape index (κ1) is 35.3. The van der Waals surface area contributed by atoms with Gasteiger partial charge in [-0.3, -0.25) is 14.4 Å². The summed E-state index contributed by atoms with van der Waals surface area (Å²) in [5.41, 5.74) is 10.8. The molecule has 10 heteroatoms. The van der Waals surface area contributed by atoms with E-state index >= 15 is 0 Å². The maximum atomic E-state index is 13.7. The number of ketones is 1. The predicted molar refractivity (Wildman–Crippen MR) is 181 cm³/mol. The van der Waals surface area contributed by atoms with Crippen LogP contribution in [0.3, 0.4) is 0 Å². The summed E-state index contributed by atoms with van der Waals surface area (Å²) in [5, 5.41) is 18.5. The van der Waals surface area contributed by atoms with E-state index in [1.54, 1.807) is 0 Å². The third kappa shape index (κ3) is 6.17. The highest BCUT2D eigenvalue weighted by atomic mass is 32.2. The van der Waals surface area contributed by atoms with Crippen molar-refractivity contribution < 1.29 is 24.2 Å². The normalized spacial score (nSPS) is 37.9. The number of aliphatic hydroxyl groups is 1. The molecule has 1 aromatic carbocycles. The highest BCUT2D eigenvalue weighted by molar-refractivity contribution is 8.00. The van der Waals surface area contributed by atoms with Crippen molar-refractivity contribution in [2.45, 2.75) is 96.2 Å². The largest absolute Gasteiger partial charge is 0.461 e. The Kier molecular flexibility index (Phi) is 10.6. The number of Topliss-reactive ketones (excluding diaryl/α,β-unsaturated/α-hetero) is 1. The number of esters is 1. The maximum absolute atomic E-state index is 13.7. The number of nitrogens with two attached hydrogens (primary N) is 2. The number of benzene rings is 1. The predicted octanol–water partition coefficient (Wildman–Crippen LogP) is 3.45. The second kappa shape index (κ2) is 13.9. The Morgan fingerprint density at radius 3 is 2.46 bits per heavy atom. The molecular weight excluding hydrogens is 600 g/mol. The summed E-state index contributed by atoms with van der Waals surface area (Å²) in [4.78, 5) is 40.3. The molecule has 0 aromatic heterocycles. The van der Waals surface area contributed by atoms with Gasteiger partial charge in [-0.15, -0.1) is 11.8 Å². The molecule has 1 amide bonds. The topological polar surface area (TPSA) is 157 Å². The van der Waals surface area contributed by atoms with Crippen molar-refractivity contribution in [2.75, 3.05) is 38.5 Å². The summed E-state index contributed by atoms with van der Waals surface area (Å²) >= 11 is 1.42. The third-order valence-electron chi connectivity index (χ3n) is 12.6. The standard InChI is InChI=1S/C36H56N4O5S/c1-23-18-36-21-35(12-11-27(36)41)24(2)31(44)33(3,22-39-15-5-13-37)19-28(34(23,4)32(35)36)45-30(43)20-46-26-9-7-25(8-10-26)17-29(42)40-16-6-14-38/h7-10,23-24,28,31-32,39,44H,5-6,11-22,37-38H2,1-4H3,(H,40,42)/t23-,24+,28-,31+,32+,33-,34+,35-,36?/m1/s1. The van der Waals surface area contributed by atoms with Crippen LogP contribution in [0.2, 0.25) is 0 Å². The lowest BCUT2D eigenvalue weighted by Crippen LogP contribution is -2.72. The number of hydrogen-bond acceptors (Lipinski definition) is 9. The minimum absolute atomic E-state index is 0.0341. The number of amides is 1. The maximum Gasteiger partial charge on any atom is 0.316 e. The van der Waals surface area contributed by atoms with E-state index in [1.807, 2.05) is 24.3 Å². The smallest absolute Gasteiger partial charge is 0.316 e. The zero-order valence-corrected chi connectivity index (χ0v) is 29.1. The zero-order chi connectivity index (χ0) is 33.3. The van der Waals surface area contributed by atoms with Gasteiger partial charge in [-0.05, 0) is 99.0 Å². The van der Waals surface area contributed by atoms with E-state index in [0.717, 1.165) is 49.1 Å². The summed E-state index contributed by atoms with van der Waals surface area (Å²) in [6, 6.07) is 7.71. The minimum Gasteiger partial charge on any atom is -0.461 e. The first-order chi connectivity index (χ1) is 21.9. The number of aliphatic hydroxyl groups excluding tert-OH is 1. The Bertz CT molecular complexity index is 1280. The average molecular weight is 657 g/mol. The molecule has 2 spiro atoms. The molecule has 256 valence electrons. The van der Waals surface area contributed by atoms with Crippen molar-refractivity contribution in [1.29, 1.82) is 0 Å². The first-order valence-electron chi connectivity index (χ1n) is 17.4. The van der Waals surface area contributed by atoms with Crippen molar-refractivity contribution in [3.05, 3.63) is 29.8 Å². The van der Waals surface area contributed by atoms with Crippen LogP contribution in [0.1, 0.15) is 78.2 Å². The van der Waals surface area contributed by atoms with Crippen LogP contribution >= 0.6 is 11.8 Å². The van der Waals surface area contributed by atoms with Crippen LogP contribution in [0.25, 0.3) is 0 Å². The molecule has 7 N–H and O–H groups in total. The number of ether oxygens (including phenoxy) is 1. The zero-order valence-electron chi connectivity index (χ0n) is 28.2. The number of rotatable bonds is 14. The molecule has 1 aromatic rings. The molecule has 0 radical (unpaired) electrons. The van der Waals surface area contributed by atoms with Crippen LogP contribution in [-0.2, 0) is 25.5 Å². The van der Waals surface area contributed by atoms with Gasteiger partial charge in [0.05, 0.1) is 18.3 Å². The minimum atomic E-state index is -0.596. The molecule has 2 bridgehead atoms.